The Kier molecular flexibility index (Phi) is 3.52. The van der Waals surface area contributed by atoms with Gasteiger partial charge in [-0.05, 0) is 13.3 Å². The van der Waals surface area contributed by atoms with Crippen molar-refractivity contribution in [2.24, 2.45) is 11.1 Å². The van der Waals surface area contributed by atoms with E-state index in [1.165, 1.54) is 4.68 Å². The summed E-state index contributed by atoms with van der Waals surface area (Å²) in [6.07, 6.45) is 2.09. The normalized spacial score (nSPS) is 22.7. The van der Waals surface area contributed by atoms with E-state index in [0.717, 1.165) is 0 Å². The summed E-state index contributed by atoms with van der Waals surface area (Å²) in [5, 5.41) is 16.7. The van der Waals surface area contributed by atoms with E-state index < -0.39 is 11.4 Å². The van der Waals surface area contributed by atoms with Crippen LogP contribution >= 0.6 is 0 Å². The minimum atomic E-state index is -0.867. The van der Waals surface area contributed by atoms with Crippen LogP contribution in [-0.2, 0) is 22.7 Å². The third-order valence-electron chi connectivity index (χ3n) is 3.43. The first-order valence-electron chi connectivity index (χ1n) is 6.05. The van der Waals surface area contributed by atoms with Crippen LogP contribution in [0.3, 0.4) is 0 Å². The molecule has 8 heteroatoms. The van der Waals surface area contributed by atoms with Crippen LogP contribution in [-0.4, -0.2) is 50.0 Å². The van der Waals surface area contributed by atoms with Gasteiger partial charge in [-0.3, -0.25) is 9.59 Å². The number of likely N-dealkylation sites (tertiary alicyclic amines) is 1. The number of aromatic nitrogens is 3. The lowest BCUT2D eigenvalue weighted by Crippen LogP contribution is -2.36. The second-order valence-corrected chi connectivity index (χ2v) is 5.04. The SMILES string of the molecule is CC1(C(=O)O)CCN(C(=O)Cn2cc(CN)nn2)C1. The Hall–Kier alpha value is -1.96. The van der Waals surface area contributed by atoms with Crippen LogP contribution in [0.25, 0.3) is 0 Å². The second kappa shape index (κ2) is 4.96. The van der Waals surface area contributed by atoms with E-state index in [2.05, 4.69) is 10.3 Å². The summed E-state index contributed by atoms with van der Waals surface area (Å²) in [6, 6.07) is 0. The molecular formula is C11H17N5O3. The zero-order valence-corrected chi connectivity index (χ0v) is 10.7. The molecule has 3 N–H and O–H groups in total. The zero-order chi connectivity index (χ0) is 14.0. The van der Waals surface area contributed by atoms with Gasteiger partial charge >= 0.3 is 5.97 Å². The van der Waals surface area contributed by atoms with Crippen molar-refractivity contribution in [1.82, 2.24) is 19.9 Å². The fraction of sp³-hybridized carbons (Fsp3) is 0.636. The van der Waals surface area contributed by atoms with E-state index in [1.54, 1.807) is 18.0 Å². The predicted molar refractivity (Wildman–Crippen MR) is 64.9 cm³/mol. The first-order chi connectivity index (χ1) is 8.94. The molecule has 104 valence electrons. The highest BCUT2D eigenvalue weighted by atomic mass is 16.4. The van der Waals surface area contributed by atoms with Gasteiger partial charge in [0.15, 0.2) is 0 Å². The number of hydrogen-bond acceptors (Lipinski definition) is 5. The first kappa shape index (κ1) is 13.5. The number of nitrogens with two attached hydrogens (primary N) is 1. The van der Waals surface area contributed by atoms with Gasteiger partial charge in [0.05, 0.1) is 17.3 Å². The van der Waals surface area contributed by atoms with Gasteiger partial charge in [-0.25, -0.2) is 4.68 Å². The van der Waals surface area contributed by atoms with E-state index >= 15 is 0 Å². The Balaban J connectivity index is 1.96. The highest BCUT2D eigenvalue weighted by Crippen LogP contribution is 2.30. The Bertz CT molecular complexity index is 500. The van der Waals surface area contributed by atoms with E-state index in [1.807, 2.05) is 0 Å². The molecule has 1 atom stereocenters. The fourth-order valence-corrected chi connectivity index (χ4v) is 2.10. The lowest BCUT2D eigenvalue weighted by Gasteiger charge is -2.20. The van der Waals surface area contributed by atoms with Crippen LogP contribution in [0.4, 0.5) is 0 Å². The van der Waals surface area contributed by atoms with Gasteiger partial charge in [0.25, 0.3) is 0 Å². The number of rotatable bonds is 4. The Morgan fingerprint density at radius 2 is 2.32 bits per heavy atom. The highest BCUT2D eigenvalue weighted by Gasteiger charge is 2.42. The molecule has 1 aliphatic heterocycles. The van der Waals surface area contributed by atoms with E-state index in [4.69, 9.17) is 10.8 Å². The fourth-order valence-electron chi connectivity index (χ4n) is 2.10. The smallest absolute Gasteiger partial charge is 0.311 e. The number of carboxylic acid groups (broad SMARTS) is 1. The predicted octanol–water partition coefficient (Wildman–Crippen LogP) is -0.940. The van der Waals surface area contributed by atoms with Gasteiger partial charge in [-0.2, -0.15) is 0 Å². The largest absolute Gasteiger partial charge is 0.481 e. The molecule has 1 unspecified atom stereocenters. The molecule has 0 saturated carbocycles. The third kappa shape index (κ3) is 2.73. The van der Waals surface area contributed by atoms with Gasteiger partial charge in [0.1, 0.15) is 6.54 Å². The molecule has 2 rings (SSSR count). The molecule has 0 aliphatic carbocycles. The number of carbonyl (C=O) groups is 2. The van der Waals surface area contributed by atoms with E-state index in [0.29, 0.717) is 18.7 Å². The second-order valence-electron chi connectivity index (χ2n) is 5.04. The van der Waals surface area contributed by atoms with Gasteiger partial charge in [0.2, 0.25) is 5.91 Å². The average molecular weight is 267 g/mol. The molecule has 0 aromatic carbocycles. The number of aliphatic carboxylic acids is 1. The summed E-state index contributed by atoms with van der Waals surface area (Å²) < 4.78 is 1.42. The quantitative estimate of drug-likeness (QED) is 0.727. The van der Waals surface area contributed by atoms with Crippen LogP contribution < -0.4 is 5.73 Å². The molecule has 0 bridgehead atoms. The van der Waals surface area contributed by atoms with Crippen molar-refractivity contribution in [1.29, 1.82) is 0 Å². The Morgan fingerprint density at radius 1 is 1.58 bits per heavy atom. The zero-order valence-electron chi connectivity index (χ0n) is 10.7. The number of hydrogen-bond donors (Lipinski definition) is 2. The van der Waals surface area contributed by atoms with Crippen LogP contribution in [0, 0.1) is 5.41 Å². The lowest BCUT2D eigenvalue weighted by atomic mass is 9.90. The van der Waals surface area contributed by atoms with Crippen LogP contribution in [0.5, 0.6) is 0 Å². The van der Waals surface area contributed by atoms with Gasteiger partial charge < -0.3 is 15.7 Å². The maximum atomic E-state index is 12.0. The minimum Gasteiger partial charge on any atom is -0.481 e. The molecule has 1 aromatic rings. The molecule has 1 aromatic heterocycles. The molecule has 19 heavy (non-hydrogen) atoms. The number of nitrogens with zero attached hydrogens (tertiary/aromatic N) is 4. The van der Waals surface area contributed by atoms with Crippen molar-refractivity contribution in [3.05, 3.63) is 11.9 Å². The summed E-state index contributed by atoms with van der Waals surface area (Å²) in [6.45, 7) is 2.68. The van der Waals surface area contributed by atoms with Gasteiger partial charge in [-0.15, -0.1) is 5.10 Å². The van der Waals surface area contributed by atoms with Crippen molar-refractivity contribution in [2.75, 3.05) is 13.1 Å². The topological polar surface area (TPSA) is 114 Å². The summed E-state index contributed by atoms with van der Waals surface area (Å²) >= 11 is 0. The summed E-state index contributed by atoms with van der Waals surface area (Å²) in [4.78, 5) is 24.7. The molecule has 1 saturated heterocycles. The molecule has 0 spiro atoms. The third-order valence-corrected chi connectivity index (χ3v) is 3.43. The Morgan fingerprint density at radius 3 is 2.84 bits per heavy atom. The summed E-state index contributed by atoms with van der Waals surface area (Å²) in [7, 11) is 0. The van der Waals surface area contributed by atoms with Crippen molar-refractivity contribution in [3.63, 3.8) is 0 Å². The average Bonchev–Trinajstić information content (AvgIpc) is 2.96. The van der Waals surface area contributed by atoms with Crippen molar-refractivity contribution in [2.45, 2.75) is 26.4 Å². The molecule has 1 amide bonds. The van der Waals surface area contributed by atoms with Crippen molar-refractivity contribution >= 4 is 11.9 Å². The minimum absolute atomic E-state index is 0.0582. The Labute approximate surface area is 110 Å². The highest BCUT2D eigenvalue weighted by molar-refractivity contribution is 5.80. The molecule has 8 nitrogen and oxygen atoms in total. The molecule has 2 heterocycles. The monoisotopic (exact) mass is 267 g/mol. The number of amides is 1. The van der Waals surface area contributed by atoms with E-state index in [-0.39, 0.29) is 25.5 Å². The van der Waals surface area contributed by atoms with Crippen molar-refractivity contribution < 1.29 is 14.7 Å². The molecule has 1 fully saturated rings. The van der Waals surface area contributed by atoms with Crippen molar-refractivity contribution in [3.8, 4) is 0 Å². The molecule has 0 radical (unpaired) electrons. The van der Waals surface area contributed by atoms with Crippen LogP contribution in [0.1, 0.15) is 19.0 Å². The first-order valence-corrected chi connectivity index (χ1v) is 6.05. The van der Waals surface area contributed by atoms with Crippen LogP contribution in [0.15, 0.2) is 6.20 Å². The number of carbonyl (C=O) groups excluding carboxylic acids is 1. The van der Waals surface area contributed by atoms with Crippen LogP contribution in [0.2, 0.25) is 0 Å². The summed E-state index contributed by atoms with van der Waals surface area (Å²) in [5.41, 5.74) is 5.18. The molecular weight excluding hydrogens is 250 g/mol. The maximum absolute atomic E-state index is 12.0. The molecule has 1 aliphatic rings. The number of carboxylic acids is 1. The van der Waals surface area contributed by atoms with Gasteiger partial charge in [0, 0.05) is 19.6 Å². The van der Waals surface area contributed by atoms with E-state index in [9.17, 15) is 9.59 Å². The summed E-state index contributed by atoms with van der Waals surface area (Å²) in [5.74, 6) is -1.02. The standard InChI is InChI=1S/C11H17N5O3/c1-11(10(18)19)2-3-15(7-11)9(17)6-16-5-8(4-12)13-14-16/h5H,2-4,6-7,12H2,1H3,(H,18,19). The van der Waals surface area contributed by atoms with Gasteiger partial charge in [-0.1, -0.05) is 5.21 Å². The maximum Gasteiger partial charge on any atom is 0.311 e. The lowest BCUT2D eigenvalue weighted by molar-refractivity contribution is -0.147.